The van der Waals surface area contributed by atoms with E-state index in [0.717, 1.165) is 18.4 Å². The van der Waals surface area contributed by atoms with E-state index in [9.17, 15) is 17.6 Å². The minimum Gasteiger partial charge on any atom is -0.372 e. The second-order valence-electron chi connectivity index (χ2n) is 5.51. The number of ether oxygens (including phenoxy) is 1. The third kappa shape index (κ3) is 6.91. The fourth-order valence-corrected chi connectivity index (χ4v) is 2.15. The highest BCUT2D eigenvalue weighted by atomic mass is 19.4. The lowest BCUT2D eigenvalue weighted by Gasteiger charge is -2.18. The number of benzene rings is 1. The third-order valence-corrected chi connectivity index (χ3v) is 3.31. The molecule has 1 atom stereocenters. The summed E-state index contributed by atoms with van der Waals surface area (Å²) in [5.41, 5.74) is 0.771. The SMILES string of the molecule is Fc1cccc(CC(CNC2CC2)COCC(F)(F)F)c1. The van der Waals surface area contributed by atoms with Crippen LogP contribution in [0.1, 0.15) is 18.4 Å². The van der Waals surface area contributed by atoms with Crippen LogP contribution in [0.4, 0.5) is 17.6 Å². The summed E-state index contributed by atoms with van der Waals surface area (Å²) in [7, 11) is 0. The summed E-state index contributed by atoms with van der Waals surface area (Å²) in [6.07, 6.45) is -1.60. The van der Waals surface area contributed by atoms with Gasteiger partial charge in [-0.05, 0) is 42.9 Å². The molecule has 0 amide bonds. The number of hydrogen-bond donors (Lipinski definition) is 1. The topological polar surface area (TPSA) is 21.3 Å². The quantitative estimate of drug-likeness (QED) is 0.744. The van der Waals surface area contributed by atoms with Crippen LogP contribution in [0, 0.1) is 11.7 Å². The summed E-state index contributed by atoms with van der Waals surface area (Å²) in [5, 5.41) is 3.28. The van der Waals surface area contributed by atoms with E-state index in [2.05, 4.69) is 5.32 Å². The lowest BCUT2D eigenvalue weighted by molar-refractivity contribution is -0.176. The molecule has 1 aliphatic carbocycles. The van der Waals surface area contributed by atoms with Gasteiger partial charge in [-0.15, -0.1) is 0 Å². The molecule has 0 heterocycles. The molecule has 1 N–H and O–H groups in total. The summed E-state index contributed by atoms with van der Waals surface area (Å²) < 4.78 is 54.3. The molecule has 0 aliphatic heterocycles. The van der Waals surface area contributed by atoms with Crippen molar-refractivity contribution in [1.29, 1.82) is 0 Å². The third-order valence-electron chi connectivity index (χ3n) is 3.31. The normalized spacial score (nSPS) is 17.0. The zero-order valence-corrected chi connectivity index (χ0v) is 11.6. The van der Waals surface area contributed by atoms with Gasteiger partial charge in [-0.25, -0.2) is 4.39 Å². The first-order valence-electron chi connectivity index (χ1n) is 7.05. The van der Waals surface area contributed by atoms with Crippen molar-refractivity contribution in [3.63, 3.8) is 0 Å². The predicted octanol–water partition coefficient (Wildman–Crippen LogP) is 3.32. The van der Waals surface area contributed by atoms with Crippen molar-refractivity contribution < 1.29 is 22.3 Å². The van der Waals surface area contributed by atoms with Crippen molar-refractivity contribution in [2.75, 3.05) is 19.8 Å². The van der Waals surface area contributed by atoms with Gasteiger partial charge in [0.2, 0.25) is 0 Å². The van der Waals surface area contributed by atoms with Crippen LogP contribution in [0.15, 0.2) is 24.3 Å². The Morgan fingerprint density at radius 3 is 2.67 bits per heavy atom. The van der Waals surface area contributed by atoms with E-state index in [-0.39, 0.29) is 18.3 Å². The molecule has 6 heteroatoms. The van der Waals surface area contributed by atoms with Gasteiger partial charge in [-0.1, -0.05) is 12.1 Å². The first-order valence-corrected chi connectivity index (χ1v) is 7.05. The van der Waals surface area contributed by atoms with Gasteiger partial charge in [-0.2, -0.15) is 13.2 Å². The zero-order chi connectivity index (χ0) is 15.3. The van der Waals surface area contributed by atoms with Crippen molar-refractivity contribution in [2.45, 2.75) is 31.5 Å². The molecule has 0 radical (unpaired) electrons. The van der Waals surface area contributed by atoms with Crippen LogP contribution in [-0.4, -0.2) is 32.0 Å². The Bertz CT molecular complexity index is 446. The summed E-state index contributed by atoms with van der Waals surface area (Å²) in [4.78, 5) is 0. The highest BCUT2D eigenvalue weighted by Gasteiger charge is 2.28. The number of rotatable bonds is 8. The Hall–Kier alpha value is -1.14. The molecule has 0 aromatic heterocycles. The van der Waals surface area contributed by atoms with E-state index < -0.39 is 12.8 Å². The van der Waals surface area contributed by atoms with E-state index in [1.54, 1.807) is 12.1 Å². The summed E-state index contributed by atoms with van der Waals surface area (Å²) >= 11 is 0. The summed E-state index contributed by atoms with van der Waals surface area (Å²) in [6, 6.07) is 6.61. The fourth-order valence-electron chi connectivity index (χ4n) is 2.15. The van der Waals surface area contributed by atoms with Crippen molar-refractivity contribution >= 4 is 0 Å². The van der Waals surface area contributed by atoms with Crippen molar-refractivity contribution in [2.24, 2.45) is 5.92 Å². The van der Waals surface area contributed by atoms with E-state index in [1.165, 1.54) is 12.1 Å². The Morgan fingerprint density at radius 2 is 2.05 bits per heavy atom. The van der Waals surface area contributed by atoms with Crippen LogP contribution in [0.5, 0.6) is 0 Å². The molecule has 1 unspecified atom stereocenters. The largest absolute Gasteiger partial charge is 0.411 e. The van der Waals surface area contributed by atoms with Gasteiger partial charge in [-0.3, -0.25) is 0 Å². The molecular formula is C15H19F4NO. The van der Waals surface area contributed by atoms with Crippen molar-refractivity contribution in [3.05, 3.63) is 35.6 Å². The summed E-state index contributed by atoms with van der Waals surface area (Å²) in [5.74, 6) is -0.438. The average Bonchev–Trinajstić information content (AvgIpc) is 3.18. The maximum Gasteiger partial charge on any atom is 0.411 e. The first-order chi connectivity index (χ1) is 9.92. The molecule has 1 fully saturated rings. The van der Waals surface area contributed by atoms with E-state index in [1.807, 2.05) is 0 Å². The van der Waals surface area contributed by atoms with Gasteiger partial charge in [0.05, 0.1) is 6.61 Å². The molecule has 1 aromatic rings. The molecule has 2 nitrogen and oxygen atoms in total. The number of hydrogen-bond acceptors (Lipinski definition) is 2. The van der Waals surface area contributed by atoms with Crippen LogP contribution < -0.4 is 5.32 Å². The first kappa shape index (κ1) is 16.2. The molecule has 1 aromatic carbocycles. The number of alkyl halides is 3. The highest BCUT2D eigenvalue weighted by Crippen LogP contribution is 2.20. The van der Waals surface area contributed by atoms with Crippen molar-refractivity contribution in [3.8, 4) is 0 Å². The zero-order valence-electron chi connectivity index (χ0n) is 11.6. The molecule has 118 valence electrons. The molecule has 1 saturated carbocycles. The number of halogens is 4. The molecule has 0 bridgehead atoms. The van der Waals surface area contributed by atoms with Crippen molar-refractivity contribution in [1.82, 2.24) is 5.32 Å². The lowest BCUT2D eigenvalue weighted by Crippen LogP contribution is -2.30. The Kier molecular flexibility index (Phi) is 5.58. The van der Waals surface area contributed by atoms with E-state index in [0.29, 0.717) is 19.0 Å². The average molecular weight is 305 g/mol. The van der Waals surface area contributed by atoms with Crippen LogP contribution in [0.3, 0.4) is 0 Å². The van der Waals surface area contributed by atoms with Gasteiger partial charge < -0.3 is 10.1 Å². The Balaban J connectivity index is 1.84. The Morgan fingerprint density at radius 1 is 1.29 bits per heavy atom. The highest BCUT2D eigenvalue weighted by molar-refractivity contribution is 5.17. The molecular weight excluding hydrogens is 286 g/mol. The molecule has 0 saturated heterocycles. The monoisotopic (exact) mass is 305 g/mol. The van der Waals surface area contributed by atoms with Crippen LogP contribution in [0.2, 0.25) is 0 Å². The predicted molar refractivity (Wildman–Crippen MR) is 71.5 cm³/mol. The Labute approximate surface area is 121 Å². The minimum absolute atomic E-state index is 0.00967. The van der Waals surface area contributed by atoms with Crippen LogP contribution in [0.25, 0.3) is 0 Å². The van der Waals surface area contributed by atoms with Gasteiger partial charge in [0.15, 0.2) is 0 Å². The van der Waals surface area contributed by atoms with Crippen LogP contribution >= 0.6 is 0 Å². The van der Waals surface area contributed by atoms with Gasteiger partial charge in [0, 0.05) is 12.6 Å². The standard InChI is InChI=1S/C15H19F4NO/c16-13-3-1-2-11(7-13)6-12(8-20-14-4-5-14)9-21-10-15(17,18)19/h1-3,7,12,14,20H,4-6,8-10H2. The molecule has 2 rings (SSSR count). The lowest BCUT2D eigenvalue weighted by atomic mass is 10.00. The van der Waals surface area contributed by atoms with Crippen LogP contribution in [-0.2, 0) is 11.2 Å². The minimum atomic E-state index is -4.31. The van der Waals surface area contributed by atoms with Gasteiger partial charge in [0.25, 0.3) is 0 Å². The summed E-state index contributed by atoms with van der Waals surface area (Å²) in [6.45, 7) is -0.648. The molecule has 1 aliphatic rings. The second-order valence-corrected chi connectivity index (χ2v) is 5.51. The van der Waals surface area contributed by atoms with Gasteiger partial charge in [0.1, 0.15) is 12.4 Å². The second kappa shape index (κ2) is 7.22. The number of nitrogens with one attached hydrogen (secondary N) is 1. The maximum atomic E-state index is 13.2. The molecule has 0 spiro atoms. The smallest absolute Gasteiger partial charge is 0.372 e. The molecule has 21 heavy (non-hydrogen) atoms. The maximum absolute atomic E-state index is 13.2. The van der Waals surface area contributed by atoms with Gasteiger partial charge >= 0.3 is 6.18 Å². The van der Waals surface area contributed by atoms with E-state index >= 15 is 0 Å². The van der Waals surface area contributed by atoms with E-state index in [4.69, 9.17) is 4.74 Å². The fraction of sp³-hybridized carbons (Fsp3) is 0.600.